The minimum Gasteiger partial charge on any atom is -0.390 e. The Kier molecular flexibility index (Phi) is 5.03. The Morgan fingerprint density at radius 3 is 2.48 bits per heavy atom. The fourth-order valence-corrected chi connectivity index (χ4v) is 8.70. The number of ketones is 1. The van der Waals surface area contributed by atoms with Crippen LogP contribution in [0.3, 0.4) is 0 Å². The average Bonchev–Trinajstić information content (AvgIpc) is 2.95. The van der Waals surface area contributed by atoms with Crippen LogP contribution in [0.1, 0.15) is 85.5 Å². The van der Waals surface area contributed by atoms with Gasteiger partial charge in [0.25, 0.3) is 0 Å². The summed E-state index contributed by atoms with van der Waals surface area (Å²) in [5.74, 6) is 3.64. The van der Waals surface area contributed by atoms with Crippen LogP contribution in [0.4, 0.5) is 0 Å². The highest BCUT2D eigenvalue weighted by Gasteiger charge is 2.63. The smallest absolute Gasteiger partial charge is 0.136 e. The highest BCUT2D eigenvalue weighted by Crippen LogP contribution is 2.67. The molecular formula is C24H40O3. The lowest BCUT2D eigenvalue weighted by molar-refractivity contribution is -0.173. The first-order valence-electron chi connectivity index (χ1n) is 11.6. The Morgan fingerprint density at radius 2 is 1.78 bits per heavy atom. The molecule has 0 heterocycles. The molecule has 0 aliphatic heterocycles. The van der Waals surface area contributed by atoms with Crippen molar-refractivity contribution in [3.05, 3.63) is 0 Å². The van der Waals surface area contributed by atoms with E-state index in [4.69, 9.17) is 0 Å². The minimum absolute atomic E-state index is 0.0438. The van der Waals surface area contributed by atoms with Gasteiger partial charge in [0.2, 0.25) is 0 Å². The number of carbonyl (C=O) groups is 1. The quantitative estimate of drug-likeness (QED) is 0.757. The maximum atomic E-state index is 13.2. The third-order valence-electron chi connectivity index (χ3n) is 9.98. The molecule has 0 spiro atoms. The fraction of sp³-hybridized carbons (Fsp3) is 0.958. The first kappa shape index (κ1) is 19.9. The van der Waals surface area contributed by atoms with E-state index >= 15 is 0 Å². The summed E-state index contributed by atoms with van der Waals surface area (Å²) < 4.78 is 0. The topological polar surface area (TPSA) is 57.5 Å². The summed E-state index contributed by atoms with van der Waals surface area (Å²) in [5.41, 5.74) is 0.277. The molecule has 0 bridgehead atoms. The van der Waals surface area contributed by atoms with Crippen molar-refractivity contribution in [1.82, 2.24) is 0 Å². The monoisotopic (exact) mass is 376 g/mol. The Bertz CT molecular complexity index is 588. The number of Topliss-reactive ketones (excluding diaryl/α,β-unsaturated/α-hetero) is 1. The second-order valence-electron chi connectivity index (χ2n) is 11.2. The van der Waals surface area contributed by atoms with Crippen molar-refractivity contribution in [2.75, 3.05) is 0 Å². The largest absolute Gasteiger partial charge is 0.390 e. The van der Waals surface area contributed by atoms with E-state index in [0.29, 0.717) is 41.8 Å². The van der Waals surface area contributed by atoms with E-state index in [9.17, 15) is 15.0 Å². The Hall–Kier alpha value is -0.410. The highest BCUT2D eigenvalue weighted by molar-refractivity contribution is 5.83. The van der Waals surface area contributed by atoms with E-state index in [1.54, 1.807) is 0 Å². The lowest BCUT2D eigenvalue weighted by atomic mass is 9.44. The summed E-state index contributed by atoms with van der Waals surface area (Å²) in [6, 6.07) is 0. The summed E-state index contributed by atoms with van der Waals surface area (Å²) in [7, 11) is 0. The molecule has 0 radical (unpaired) electrons. The summed E-state index contributed by atoms with van der Waals surface area (Å²) in [6.07, 6.45) is 8.12. The lowest BCUT2D eigenvalue weighted by Gasteiger charge is -2.61. The number of aliphatic hydroxyl groups excluding tert-OH is 2. The Balaban J connectivity index is 1.62. The van der Waals surface area contributed by atoms with Gasteiger partial charge in [-0.05, 0) is 78.9 Å². The van der Waals surface area contributed by atoms with Crippen molar-refractivity contribution < 1.29 is 15.0 Å². The third-order valence-corrected chi connectivity index (χ3v) is 9.98. The lowest BCUT2D eigenvalue weighted by Crippen LogP contribution is -2.59. The van der Waals surface area contributed by atoms with Crippen LogP contribution in [0.25, 0.3) is 0 Å². The number of aliphatic hydroxyl groups is 2. The molecule has 1 unspecified atom stereocenters. The molecule has 0 aromatic carbocycles. The molecule has 3 nitrogen and oxygen atoms in total. The SMILES string of the molecule is CCCC(C)[C@H]1CC[C@H]2[C@@H]3CC(=O)[C@H]4C[C@H](O)[C@H](O)C[C@]4(C)[C@H]3CC[C@]12C. The van der Waals surface area contributed by atoms with Crippen molar-refractivity contribution >= 4 is 5.78 Å². The number of rotatable bonds is 3. The molecule has 0 aromatic rings. The van der Waals surface area contributed by atoms with Gasteiger partial charge in [-0.25, -0.2) is 0 Å². The standard InChI is InChI=1S/C24H40O3/c1-5-6-14(2)16-7-8-17-15-11-20(25)19-12-21(26)22(27)13-24(19,4)18(15)9-10-23(16,17)3/h14-19,21-22,26-27H,5-13H2,1-4H3/t14?,15-,16+,17-,18-,19+,21-,22+,23+,24+/m0/s1. The van der Waals surface area contributed by atoms with Gasteiger partial charge in [-0.2, -0.15) is 0 Å². The second kappa shape index (κ2) is 6.83. The molecule has 2 N–H and O–H groups in total. The van der Waals surface area contributed by atoms with Crippen molar-refractivity contribution in [2.24, 2.45) is 46.3 Å². The molecule has 0 saturated heterocycles. The predicted molar refractivity (Wildman–Crippen MR) is 107 cm³/mol. The molecule has 4 rings (SSSR count). The van der Waals surface area contributed by atoms with Crippen LogP contribution >= 0.6 is 0 Å². The maximum absolute atomic E-state index is 13.2. The van der Waals surface area contributed by atoms with Gasteiger partial charge in [-0.3, -0.25) is 4.79 Å². The molecule has 27 heavy (non-hydrogen) atoms. The fourth-order valence-electron chi connectivity index (χ4n) is 8.70. The van der Waals surface area contributed by atoms with Crippen LogP contribution in [0, 0.1) is 46.3 Å². The normalized spacial score (nSPS) is 53.4. The number of carbonyl (C=O) groups excluding carboxylic acids is 1. The predicted octanol–water partition coefficient (Wildman–Crippen LogP) is 4.59. The van der Waals surface area contributed by atoms with Crippen molar-refractivity contribution in [3.8, 4) is 0 Å². The molecular weight excluding hydrogens is 336 g/mol. The second-order valence-corrected chi connectivity index (χ2v) is 11.2. The van der Waals surface area contributed by atoms with E-state index in [0.717, 1.165) is 18.3 Å². The zero-order chi connectivity index (χ0) is 19.6. The Morgan fingerprint density at radius 1 is 1.07 bits per heavy atom. The van der Waals surface area contributed by atoms with Gasteiger partial charge in [0.05, 0.1) is 12.2 Å². The molecule has 0 aromatic heterocycles. The first-order chi connectivity index (χ1) is 12.7. The van der Waals surface area contributed by atoms with Crippen molar-refractivity contribution in [1.29, 1.82) is 0 Å². The van der Waals surface area contributed by atoms with Crippen molar-refractivity contribution in [2.45, 2.75) is 97.7 Å². The van der Waals surface area contributed by atoms with Crippen LogP contribution in [-0.2, 0) is 4.79 Å². The van der Waals surface area contributed by atoms with Gasteiger partial charge in [-0.15, -0.1) is 0 Å². The van der Waals surface area contributed by atoms with E-state index in [2.05, 4.69) is 27.7 Å². The van der Waals surface area contributed by atoms with Gasteiger partial charge < -0.3 is 10.2 Å². The average molecular weight is 377 g/mol. The molecule has 10 atom stereocenters. The van der Waals surface area contributed by atoms with Gasteiger partial charge in [0, 0.05) is 12.3 Å². The van der Waals surface area contributed by atoms with Crippen LogP contribution in [0.5, 0.6) is 0 Å². The van der Waals surface area contributed by atoms with Gasteiger partial charge in [0.15, 0.2) is 0 Å². The van der Waals surface area contributed by atoms with Crippen LogP contribution in [0.2, 0.25) is 0 Å². The van der Waals surface area contributed by atoms with Gasteiger partial charge in [-0.1, -0.05) is 40.5 Å². The van der Waals surface area contributed by atoms with Crippen LogP contribution < -0.4 is 0 Å². The molecule has 4 aliphatic carbocycles. The third kappa shape index (κ3) is 2.86. The number of hydrogen-bond acceptors (Lipinski definition) is 3. The highest BCUT2D eigenvalue weighted by atomic mass is 16.3. The van der Waals surface area contributed by atoms with E-state index in [1.165, 1.54) is 38.5 Å². The summed E-state index contributed by atoms with van der Waals surface area (Å²) in [4.78, 5) is 13.2. The van der Waals surface area contributed by atoms with Crippen molar-refractivity contribution in [3.63, 3.8) is 0 Å². The maximum Gasteiger partial charge on any atom is 0.136 e. The number of fused-ring (bicyclic) bond motifs is 5. The zero-order valence-electron chi connectivity index (χ0n) is 17.8. The Labute approximate surface area is 165 Å². The molecule has 4 saturated carbocycles. The van der Waals surface area contributed by atoms with E-state index in [-0.39, 0.29) is 11.3 Å². The number of hydrogen-bond donors (Lipinski definition) is 2. The van der Waals surface area contributed by atoms with E-state index < -0.39 is 12.2 Å². The molecule has 4 aliphatic rings. The summed E-state index contributed by atoms with van der Waals surface area (Å²) in [5, 5.41) is 20.6. The van der Waals surface area contributed by atoms with Crippen LogP contribution in [0.15, 0.2) is 0 Å². The zero-order valence-corrected chi connectivity index (χ0v) is 17.8. The van der Waals surface area contributed by atoms with Gasteiger partial charge >= 0.3 is 0 Å². The molecule has 3 heteroatoms. The van der Waals surface area contributed by atoms with Crippen LogP contribution in [-0.4, -0.2) is 28.2 Å². The molecule has 4 fully saturated rings. The summed E-state index contributed by atoms with van der Waals surface area (Å²) in [6.45, 7) is 9.55. The molecule has 0 amide bonds. The minimum atomic E-state index is -0.719. The van der Waals surface area contributed by atoms with E-state index in [1.807, 2.05) is 0 Å². The first-order valence-corrected chi connectivity index (χ1v) is 11.6. The summed E-state index contributed by atoms with van der Waals surface area (Å²) >= 11 is 0. The molecule has 154 valence electrons. The van der Waals surface area contributed by atoms with Gasteiger partial charge in [0.1, 0.15) is 5.78 Å².